The van der Waals surface area contributed by atoms with Crippen molar-refractivity contribution >= 4 is 29.3 Å². The highest BCUT2D eigenvalue weighted by Gasteiger charge is 2.12. The minimum Gasteiger partial charge on any atom is -0.481 e. The molecule has 0 aromatic heterocycles. The van der Waals surface area contributed by atoms with Gasteiger partial charge in [0.25, 0.3) is 0 Å². The molecule has 0 bridgehead atoms. The van der Waals surface area contributed by atoms with Gasteiger partial charge in [0.05, 0.1) is 0 Å². The number of benzene rings is 2. The first-order valence-corrected chi connectivity index (χ1v) is 8.25. The molecule has 2 aromatic rings. The van der Waals surface area contributed by atoms with E-state index in [1.807, 2.05) is 13.0 Å². The Kier molecular flexibility index (Phi) is 5.75. The second kappa shape index (κ2) is 7.56. The van der Waals surface area contributed by atoms with E-state index in [2.05, 4.69) is 19.1 Å². The molecule has 0 heterocycles. The Hall–Kier alpha value is -1.65. The molecular weight excluding hydrogens is 320 g/mol. The molecule has 3 nitrogen and oxygen atoms in total. The fourth-order valence-corrected chi connectivity index (χ4v) is 3.10. The SMILES string of the molecule is CCSc1ccc(-c2cc(Cl)ccc2OCC(=O)O)c(C)c1. The predicted molar refractivity (Wildman–Crippen MR) is 91.2 cm³/mol. The molecule has 116 valence electrons. The number of carbonyl (C=O) groups is 1. The maximum Gasteiger partial charge on any atom is 0.341 e. The second-order valence-electron chi connectivity index (χ2n) is 4.73. The van der Waals surface area contributed by atoms with Crippen molar-refractivity contribution in [2.45, 2.75) is 18.7 Å². The van der Waals surface area contributed by atoms with Gasteiger partial charge in [0.2, 0.25) is 0 Å². The van der Waals surface area contributed by atoms with E-state index in [4.69, 9.17) is 21.4 Å². The zero-order chi connectivity index (χ0) is 16.1. The Labute approximate surface area is 139 Å². The van der Waals surface area contributed by atoms with E-state index in [1.165, 1.54) is 4.90 Å². The summed E-state index contributed by atoms with van der Waals surface area (Å²) in [5, 5.41) is 9.37. The number of carboxylic acid groups (broad SMARTS) is 1. The van der Waals surface area contributed by atoms with Gasteiger partial charge in [-0.15, -0.1) is 11.8 Å². The van der Waals surface area contributed by atoms with Crippen LogP contribution in [0.4, 0.5) is 0 Å². The summed E-state index contributed by atoms with van der Waals surface area (Å²) in [5.41, 5.74) is 2.89. The molecule has 5 heteroatoms. The van der Waals surface area contributed by atoms with Gasteiger partial charge in [0, 0.05) is 15.5 Å². The molecule has 22 heavy (non-hydrogen) atoms. The van der Waals surface area contributed by atoms with Crippen LogP contribution in [-0.4, -0.2) is 23.4 Å². The van der Waals surface area contributed by atoms with E-state index in [0.717, 1.165) is 22.4 Å². The molecule has 0 spiro atoms. The monoisotopic (exact) mass is 336 g/mol. The molecule has 0 aliphatic carbocycles. The first-order valence-electron chi connectivity index (χ1n) is 6.89. The second-order valence-corrected chi connectivity index (χ2v) is 6.51. The maximum absolute atomic E-state index is 10.7. The standard InChI is InChI=1S/C17H17ClO3S/c1-3-22-13-5-6-14(11(2)8-13)15-9-12(18)4-7-16(15)21-10-17(19)20/h4-9H,3,10H2,1-2H3,(H,19,20). The van der Waals surface area contributed by atoms with E-state index in [-0.39, 0.29) is 6.61 Å². The van der Waals surface area contributed by atoms with Gasteiger partial charge in [-0.05, 0) is 54.1 Å². The average molecular weight is 337 g/mol. The number of hydrogen-bond donors (Lipinski definition) is 1. The van der Waals surface area contributed by atoms with Crippen molar-refractivity contribution in [1.29, 1.82) is 0 Å². The minimum atomic E-state index is -1.01. The van der Waals surface area contributed by atoms with Gasteiger partial charge in [0.15, 0.2) is 6.61 Å². The van der Waals surface area contributed by atoms with Gasteiger partial charge < -0.3 is 9.84 Å². The zero-order valence-corrected chi connectivity index (χ0v) is 14.0. The van der Waals surface area contributed by atoms with E-state index >= 15 is 0 Å². The largest absolute Gasteiger partial charge is 0.481 e. The van der Waals surface area contributed by atoms with Crippen LogP contribution in [0.15, 0.2) is 41.3 Å². The van der Waals surface area contributed by atoms with E-state index < -0.39 is 5.97 Å². The summed E-state index contributed by atoms with van der Waals surface area (Å²) in [7, 11) is 0. The molecule has 1 N–H and O–H groups in total. The lowest BCUT2D eigenvalue weighted by atomic mass is 10.00. The number of carboxylic acids is 1. The highest BCUT2D eigenvalue weighted by Crippen LogP contribution is 2.36. The van der Waals surface area contributed by atoms with Crippen LogP contribution in [0.2, 0.25) is 5.02 Å². The third-order valence-corrected chi connectivity index (χ3v) is 4.20. The zero-order valence-electron chi connectivity index (χ0n) is 12.4. The van der Waals surface area contributed by atoms with Gasteiger partial charge >= 0.3 is 5.97 Å². The van der Waals surface area contributed by atoms with Crippen LogP contribution in [0.25, 0.3) is 11.1 Å². The number of aryl methyl sites for hydroxylation is 1. The summed E-state index contributed by atoms with van der Waals surface area (Å²) in [6, 6.07) is 11.4. The summed E-state index contributed by atoms with van der Waals surface area (Å²) in [6.45, 7) is 3.76. The van der Waals surface area contributed by atoms with Crippen molar-refractivity contribution in [3.05, 3.63) is 47.0 Å². The molecule has 0 amide bonds. The first kappa shape index (κ1) is 16.7. The Morgan fingerprint density at radius 3 is 2.64 bits per heavy atom. The van der Waals surface area contributed by atoms with Crippen molar-refractivity contribution in [2.75, 3.05) is 12.4 Å². The van der Waals surface area contributed by atoms with Gasteiger partial charge in [-0.1, -0.05) is 24.6 Å². The van der Waals surface area contributed by atoms with Crippen LogP contribution in [0.3, 0.4) is 0 Å². The summed E-state index contributed by atoms with van der Waals surface area (Å²) < 4.78 is 5.38. The van der Waals surface area contributed by atoms with Gasteiger partial charge in [-0.2, -0.15) is 0 Å². The molecule has 0 aliphatic heterocycles. The molecule has 0 unspecified atom stereocenters. The highest BCUT2D eigenvalue weighted by atomic mass is 35.5. The molecule has 2 aromatic carbocycles. The maximum atomic E-state index is 10.7. The third kappa shape index (κ3) is 4.18. The summed E-state index contributed by atoms with van der Waals surface area (Å²) in [4.78, 5) is 11.9. The van der Waals surface area contributed by atoms with Crippen molar-refractivity contribution in [3.8, 4) is 16.9 Å². The highest BCUT2D eigenvalue weighted by molar-refractivity contribution is 7.99. The Balaban J connectivity index is 2.42. The summed E-state index contributed by atoms with van der Waals surface area (Å²) >= 11 is 7.87. The lowest BCUT2D eigenvalue weighted by molar-refractivity contribution is -0.139. The van der Waals surface area contributed by atoms with Crippen LogP contribution in [0, 0.1) is 6.92 Å². The summed E-state index contributed by atoms with van der Waals surface area (Å²) in [5.74, 6) is 0.529. The smallest absolute Gasteiger partial charge is 0.341 e. The van der Waals surface area contributed by atoms with Gasteiger partial charge in [-0.25, -0.2) is 4.79 Å². The van der Waals surface area contributed by atoms with Gasteiger partial charge in [0.1, 0.15) is 5.75 Å². The lowest BCUT2D eigenvalue weighted by Gasteiger charge is -2.14. The van der Waals surface area contributed by atoms with Crippen LogP contribution in [0.1, 0.15) is 12.5 Å². The number of halogens is 1. The average Bonchev–Trinajstić information content (AvgIpc) is 2.46. The number of thioether (sulfide) groups is 1. The van der Waals surface area contributed by atoms with Gasteiger partial charge in [-0.3, -0.25) is 0 Å². The quantitative estimate of drug-likeness (QED) is 0.763. The molecule has 0 radical (unpaired) electrons. The topological polar surface area (TPSA) is 46.5 Å². The first-order chi connectivity index (χ1) is 10.5. The minimum absolute atomic E-state index is 0.378. The number of ether oxygens (including phenoxy) is 1. The van der Waals surface area contributed by atoms with Crippen LogP contribution in [0.5, 0.6) is 5.75 Å². The van der Waals surface area contributed by atoms with Crippen molar-refractivity contribution in [2.24, 2.45) is 0 Å². The van der Waals surface area contributed by atoms with Crippen molar-refractivity contribution in [3.63, 3.8) is 0 Å². The third-order valence-electron chi connectivity index (χ3n) is 3.09. The molecule has 0 saturated carbocycles. The summed E-state index contributed by atoms with van der Waals surface area (Å²) in [6.07, 6.45) is 0. The molecule has 0 atom stereocenters. The fourth-order valence-electron chi connectivity index (χ4n) is 2.17. The molecule has 2 rings (SSSR count). The van der Waals surface area contributed by atoms with Crippen molar-refractivity contribution in [1.82, 2.24) is 0 Å². The Morgan fingerprint density at radius 1 is 1.23 bits per heavy atom. The van der Waals surface area contributed by atoms with E-state index in [9.17, 15) is 4.79 Å². The number of aliphatic carboxylic acids is 1. The molecular formula is C17H17ClO3S. The predicted octanol–water partition coefficient (Wildman–Crippen LogP) is 4.89. The Morgan fingerprint density at radius 2 is 2.00 bits per heavy atom. The normalized spacial score (nSPS) is 10.5. The number of hydrogen-bond acceptors (Lipinski definition) is 3. The molecule has 0 aliphatic rings. The van der Waals surface area contributed by atoms with Crippen LogP contribution >= 0.6 is 23.4 Å². The lowest BCUT2D eigenvalue weighted by Crippen LogP contribution is -2.10. The van der Waals surface area contributed by atoms with E-state index in [1.54, 1.807) is 30.0 Å². The fraction of sp³-hybridized carbons (Fsp3) is 0.235. The molecule has 0 saturated heterocycles. The van der Waals surface area contributed by atoms with Crippen LogP contribution in [-0.2, 0) is 4.79 Å². The number of rotatable bonds is 6. The molecule has 0 fully saturated rings. The van der Waals surface area contributed by atoms with Crippen LogP contribution < -0.4 is 4.74 Å². The van der Waals surface area contributed by atoms with E-state index in [0.29, 0.717) is 10.8 Å². The Bertz CT molecular complexity index is 686. The van der Waals surface area contributed by atoms with Crippen molar-refractivity contribution < 1.29 is 14.6 Å².